The Kier molecular flexibility index (Phi) is 1.42. The molecule has 0 saturated carbocycles. The number of fused-ring (bicyclic) bond motifs is 1. The Balaban J connectivity index is 2.80. The van der Waals surface area contributed by atoms with Crippen molar-refractivity contribution in [1.29, 1.82) is 0 Å². The first-order chi connectivity index (χ1) is 6.18. The Morgan fingerprint density at radius 1 is 1.54 bits per heavy atom. The van der Waals surface area contributed by atoms with Gasteiger partial charge in [0.1, 0.15) is 0 Å². The molecule has 6 nitrogen and oxygen atoms in total. The van der Waals surface area contributed by atoms with E-state index >= 15 is 0 Å². The van der Waals surface area contributed by atoms with E-state index in [2.05, 4.69) is 10.2 Å². The minimum absolute atomic E-state index is 0.274. The molecule has 0 fully saturated rings. The zero-order valence-electron chi connectivity index (χ0n) is 6.52. The minimum Gasteiger partial charge on any atom is -0.366 e. The number of rotatable bonds is 1. The Labute approximate surface area is 72.0 Å². The quantitative estimate of drug-likeness (QED) is 0.593. The zero-order valence-corrected chi connectivity index (χ0v) is 6.52. The second-order valence-corrected chi connectivity index (χ2v) is 2.54. The molecule has 0 radical (unpaired) electrons. The molecular formula is C7H6N4O2. The maximum absolute atomic E-state index is 11.0. The van der Waals surface area contributed by atoms with E-state index in [1.54, 1.807) is 0 Å². The first kappa shape index (κ1) is 7.53. The van der Waals surface area contributed by atoms with E-state index in [1.807, 2.05) is 0 Å². The van der Waals surface area contributed by atoms with Crippen molar-refractivity contribution < 1.29 is 4.79 Å². The highest BCUT2D eigenvalue weighted by Crippen LogP contribution is 1.99. The van der Waals surface area contributed by atoms with Gasteiger partial charge in [0.25, 0.3) is 0 Å². The van der Waals surface area contributed by atoms with Gasteiger partial charge in [-0.3, -0.25) is 4.79 Å². The van der Waals surface area contributed by atoms with Crippen molar-refractivity contribution in [3.63, 3.8) is 0 Å². The molecule has 0 aromatic carbocycles. The molecule has 0 aliphatic carbocycles. The third kappa shape index (κ3) is 1.08. The summed E-state index contributed by atoms with van der Waals surface area (Å²) in [6.45, 7) is 0. The van der Waals surface area contributed by atoms with Gasteiger partial charge < -0.3 is 5.73 Å². The van der Waals surface area contributed by atoms with Crippen LogP contribution in [-0.4, -0.2) is 20.5 Å². The largest absolute Gasteiger partial charge is 0.366 e. The highest BCUT2D eigenvalue weighted by Gasteiger charge is 2.03. The fourth-order valence-corrected chi connectivity index (χ4v) is 1.05. The molecule has 2 heterocycles. The number of carbonyl (C=O) groups is 1. The molecule has 3 N–H and O–H groups in total. The number of pyridine rings is 1. The standard InChI is InChI=1S/C7H6N4O2/c8-6(12)4-1-2-5-9-10-7(13)11(5)3-4/h1-3H,(H2,8,12)(H,10,13). The van der Waals surface area contributed by atoms with Crippen LogP contribution in [-0.2, 0) is 0 Å². The summed E-state index contributed by atoms with van der Waals surface area (Å²) in [5.41, 5.74) is 5.38. The molecule has 0 bridgehead atoms. The summed E-state index contributed by atoms with van der Waals surface area (Å²) >= 11 is 0. The molecule has 1 amide bonds. The number of nitrogens with two attached hydrogens (primary N) is 1. The minimum atomic E-state index is -0.574. The first-order valence-corrected chi connectivity index (χ1v) is 3.55. The molecule has 6 heteroatoms. The number of hydrogen-bond acceptors (Lipinski definition) is 3. The average molecular weight is 178 g/mol. The van der Waals surface area contributed by atoms with Gasteiger partial charge >= 0.3 is 5.69 Å². The number of H-pyrrole nitrogens is 1. The lowest BCUT2D eigenvalue weighted by atomic mass is 10.3. The van der Waals surface area contributed by atoms with Crippen LogP contribution in [0.4, 0.5) is 0 Å². The molecular weight excluding hydrogens is 172 g/mol. The summed E-state index contributed by atoms with van der Waals surface area (Å²) in [6, 6.07) is 3.05. The number of aromatic amines is 1. The molecule has 2 aromatic heterocycles. The van der Waals surface area contributed by atoms with E-state index in [0.29, 0.717) is 5.65 Å². The van der Waals surface area contributed by atoms with Crippen molar-refractivity contribution in [2.75, 3.05) is 0 Å². The van der Waals surface area contributed by atoms with Crippen molar-refractivity contribution in [3.05, 3.63) is 34.4 Å². The van der Waals surface area contributed by atoms with Gasteiger partial charge in [-0.05, 0) is 12.1 Å². The predicted molar refractivity (Wildman–Crippen MR) is 44.3 cm³/mol. The molecule has 66 valence electrons. The van der Waals surface area contributed by atoms with Gasteiger partial charge in [-0.1, -0.05) is 0 Å². The zero-order chi connectivity index (χ0) is 9.42. The summed E-state index contributed by atoms with van der Waals surface area (Å²) in [7, 11) is 0. The van der Waals surface area contributed by atoms with Gasteiger partial charge in [-0.2, -0.15) is 5.10 Å². The second kappa shape index (κ2) is 2.44. The summed E-state index contributed by atoms with van der Waals surface area (Å²) in [6.07, 6.45) is 1.35. The van der Waals surface area contributed by atoms with Crippen LogP contribution >= 0.6 is 0 Å². The molecule has 0 atom stereocenters. The Morgan fingerprint density at radius 2 is 2.31 bits per heavy atom. The third-order valence-electron chi connectivity index (χ3n) is 1.70. The van der Waals surface area contributed by atoms with Crippen molar-refractivity contribution in [3.8, 4) is 0 Å². The van der Waals surface area contributed by atoms with Gasteiger partial charge in [-0.15, -0.1) is 0 Å². The van der Waals surface area contributed by atoms with Crippen LogP contribution in [0.1, 0.15) is 10.4 Å². The number of hydrogen-bond donors (Lipinski definition) is 2. The lowest BCUT2D eigenvalue weighted by molar-refractivity contribution is 0.1000. The Morgan fingerprint density at radius 3 is 3.00 bits per heavy atom. The second-order valence-electron chi connectivity index (χ2n) is 2.54. The van der Waals surface area contributed by atoms with Gasteiger partial charge in [0.15, 0.2) is 5.65 Å². The Bertz CT molecular complexity index is 525. The maximum Gasteiger partial charge on any atom is 0.347 e. The smallest absolute Gasteiger partial charge is 0.347 e. The summed E-state index contributed by atoms with van der Waals surface area (Å²) in [5, 5.41) is 5.94. The van der Waals surface area contributed by atoms with E-state index in [-0.39, 0.29) is 5.56 Å². The lowest BCUT2D eigenvalue weighted by Crippen LogP contribution is -2.15. The maximum atomic E-state index is 11.0. The van der Waals surface area contributed by atoms with Gasteiger partial charge in [-0.25, -0.2) is 14.3 Å². The monoisotopic (exact) mass is 178 g/mol. The summed E-state index contributed by atoms with van der Waals surface area (Å²) in [4.78, 5) is 21.8. The highest BCUT2D eigenvalue weighted by atomic mass is 16.2. The summed E-state index contributed by atoms with van der Waals surface area (Å²) in [5.74, 6) is -0.574. The normalized spacial score (nSPS) is 10.5. The van der Waals surface area contributed by atoms with Gasteiger partial charge in [0.2, 0.25) is 5.91 Å². The molecule has 0 aliphatic rings. The van der Waals surface area contributed by atoms with E-state index in [4.69, 9.17) is 5.73 Å². The van der Waals surface area contributed by atoms with Crippen LogP contribution in [0.25, 0.3) is 5.65 Å². The number of aromatic nitrogens is 3. The van der Waals surface area contributed by atoms with Crippen LogP contribution in [0, 0.1) is 0 Å². The molecule has 0 saturated heterocycles. The van der Waals surface area contributed by atoms with E-state index < -0.39 is 11.6 Å². The van der Waals surface area contributed by atoms with Gasteiger partial charge in [0.05, 0.1) is 5.56 Å². The molecule has 2 rings (SSSR count). The summed E-state index contributed by atoms with van der Waals surface area (Å²) < 4.78 is 1.22. The van der Waals surface area contributed by atoms with E-state index in [9.17, 15) is 9.59 Å². The topological polar surface area (TPSA) is 93.2 Å². The fraction of sp³-hybridized carbons (Fsp3) is 0. The van der Waals surface area contributed by atoms with Crippen molar-refractivity contribution in [2.24, 2.45) is 5.73 Å². The predicted octanol–water partition coefficient (Wildman–Crippen LogP) is -0.879. The molecule has 0 aliphatic heterocycles. The lowest BCUT2D eigenvalue weighted by Gasteiger charge is -1.94. The fourth-order valence-electron chi connectivity index (χ4n) is 1.05. The third-order valence-corrected chi connectivity index (χ3v) is 1.70. The molecule has 13 heavy (non-hydrogen) atoms. The molecule has 2 aromatic rings. The number of nitrogens with zero attached hydrogens (tertiary/aromatic N) is 2. The SMILES string of the molecule is NC(=O)c1ccc2n[nH]c(=O)n2c1. The van der Waals surface area contributed by atoms with Crippen LogP contribution in [0.2, 0.25) is 0 Å². The van der Waals surface area contributed by atoms with Crippen LogP contribution in [0.3, 0.4) is 0 Å². The molecule has 0 unspecified atom stereocenters. The van der Waals surface area contributed by atoms with Crippen molar-refractivity contribution in [2.45, 2.75) is 0 Å². The first-order valence-electron chi connectivity index (χ1n) is 3.55. The highest BCUT2D eigenvalue weighted by molar-refractivity contribution is 5.92. The van der Waals surface area contributed by atoms with E-state index in [1.165, 1.54) is 22.7 Å². The number of carbonyl (C=O) groups excluding carboxylic acids is 1. The van der Waals surface area contributed by atoms with Crippen LogP contribution in [0.5, 0.6) is 0 Å². The van der Waals surface area contributed by atoms with Crippen molar-refractivity contribution >= 4 is 11.6 Å². The van der Waals surface area contributed by atoms with E-state index in [0.717, 1.165) is 0 Å². The molecule has 0 spiro atoms. The number of primary amides is 1. The van der Waals surface area contributed by atoms with Crippen LogP contribution in [0.15, 0.2) is 23.1 Å². The number of nitrogens with one attached hydrogen (secondary N) is 1. The van der Waals surface area contributed by atoms with Crippen LogP contribution < -0.4 is 11.4 Å². The van der Waals surface area contributed by atoms with Crippen molar-refractivity contribution in [1.82, 2.24) is 14.6 Å². The Hall–Kier alpha value is -2.11. The van der Waals surface area contributed by atoms with Gasteiger partial charge in [0, 0.05) is 6.20 Å². The average Bonchev–Trinajstić information content (AvgIpc) is 2.47. The number of amides is 1.